The van der Waals surface area contributed by atoms with Gasteiger partial charge in [0.1, 0.15) is 0 Å². The van der Waals surface area contributed by atoms with Gasteiger partial charge in [0.05, 0.1) is 13.0 Å². The summed E-state index contributed by atoms with van der Waals surface area (Å²) < 4.78 is 7.12. The van der Waals surface area contributed by atoms with Gasteiger partial charge in [0.15, 0.2) is 5.41 Å². The van der Waals surface area contributed by atoms with Gasteiger partial charge in [0.25, 0.3) is 0 Å². The summed E-state index contributed by atoms with van der Waals surface area (Å²) in [6.45, 7) is 2.84. The minimum Gasteiger partial charge on any atom is -0.480 e. The van der Waals surface area contributed by atoms with E-state index in [0.717, 1.165) is 22.2 Å². The van der Waals surface area contributed by atoms with E-state index in [1.54, 1.807) is 22.9 Å². The molecule has 2 aliphatic heterocycles. The molecule has 2 aromatic carbocycles. The number of piperidine rings is 1. The molecule has 3 aromatic rings. The van der Waals surface area contributed by atoms with Gasteiger partial charge in [-0.1, -0.05) is 36.4 Å². The van der Waals surface area contributed by atoms with Crippen LogP contribution < -0.4 is 5.32 Å². The summed E-state index contributed by atoms with van der Waals surface area (Å²) in [5.74, 6) is -2.71. The average molecular weight is 547 g/mol. The quantitative estimate of drug-likeness (QED) is 0.328. The number of fused-ring (bicyclic) bond motifs is 2. The van der Waals surface area contributed by atoms with Gasteiger partial charge >= 0.3 is 18.0 Å². The molecular weight excluding hydrogens is 512 g/mol. The van der Waals surface area contributed by atoms with E-state index in [4.69, 9.17) is 4.74 Å². The van der Waals surface area contributed by atoms with Crippen molar-refractivity contribution in [2.75, 3.05) is 25.0 Å². The molecule has 0 radical (unpaired) electrons. The van der Waals surface area contributed by atoms with Crippen LogP contribution >= 0.6 is 0 Å². The highest BCUT2D eigenvalue weighted by atomic mass is 16.5. The zero-order valence-corrected chi connectivity index (χ0v) is 22.8. The lowest BCUT2D eigenvalue weighted by atomic mass is 9.77. The molecule has 210 valence electrons. The third kappa shape index (κ3) is 5.01. The van der Waals surface area contributed by atoms with Crippen molar-refractivity contribution < 1.29 is 29.0 Å². The molecular formula is C30H34N4O6. The number of nitrogens with one attached hydrogen (secondary N) is 1. The summed E-state index contributed by atoms with van der Waals surface area (Å²) >= 11 is 0. The first-order chi connectivity index (χ1) is 19.2. The Morgan fingerprint density at radius 2 is 1.77 bits per heavy atom. The van der Waals surface area contributed by atoms with E-state index in [1.807, 2.05) is 60.1 Å². The molecule has 10 nitrogen and oxygen atoms in total. The summed E-state index contributed by atoms with van der Waals surface area (Å²) in [6.07, 6.45) is 2.25. The SMILES string of the molecule is CCOC(=O)[C@@](CC(=O)N1CCC(N2Cc3ccccc3NC2=O)CC1)(Cc1cn(C)c2ccccc12)C(=O)O. The Morgan fingerprint density at radius 1 is 1.07 bits per heavy atom. The molecule has 0 spiro atoms. The van der Waals surface area contributed by atoms with E-state index in [-0.39, 0.29) is 25.1 Å². The van der Waals surface area contributed by atoms with Crippen LogP contribution in [0.2, 0.25) is 0 Å². The number of aryl methyl sites for hydroxylation is 1. The number of aromatic nitrogens is 1. The molecule has 10 heteroatoms. The fourth-order valence-corrected chi connectivity index (χ4v) is 5.92. The van der Waals surface area contributed by atoms with E-state index in [1.165, 1.54) is 0 Å². The zero-order chi connectivity index (χ0) is 28.4. The maximum absolute atomic E-state index is 13.6. The monoisotopic (exact) mass is 546 g/mol. The van der Waals surface area contributed by atoms with E-state index in [9.17, 15) is 24.3 Å². The Labute approximate surface area is 232 Å². The van der Waals surface area contributed by atoms with Crippen molar-refractivity contribution in [1.82, 2.24) is 14.4 Å². The van der Waals surface area contributed by atoms with Gasteiger partial charge in [0.2, 0.25) is 5.91 Å². The number of para-hydroxylation sites is 2. The van der Waals surface area contributed by atoms with Crippen LogP contribution in [-0.4, -0.2) is 69.1 Å². The first kappa shape index (κ1) is 27.2. The number of ether oxygens (including phenoxy) is 1. The van der Waals surface area contributed by atoms with Crippen LogP contribution in [0.25, 0.3) is 10.9 Å². The Balaban J connectivity index is 1.32. The highest BCUT2D eigenvalue weighted by Crippen LogP contribution is 2.35. The smallest absolute Gasteiger partial charge is 0.324 e. The standard InChI is InChI=1S/C30H34N4O6/c1-3-40-28(38)30(27(36)37,16-21-18-32(2)25-11-7-5-9-23(21)25)17-26(35)33-14-12-22(13-15-33)34-19-20-8-4-6-10-24(20)31-29(34)39/h4-11,18,22H,3,12-17,19H2,1-2H3,(H,31,39)(H,36,37)/t30-/m1/s1. The molecule has 5 rings (SSSR count). The van der Waals surface area contributed by atoms with Crippen LogP contribution in [-0.2, 0) is 39.1 Å². The van der Waals surface area contributed by atoms with Crippen molar-refractivity contribution in [2.45, 2.75) is 45.2 Å². The fourth-order valence-electron chi connectivity index (χ4n) is 5.92. The Kier molecular flexibility index (Phi) is 7.51. The molecule has 1 atom stereocenters. The van der Waals surface area contributed by atoms with Gasteiger partial charge < -0.3 is 29.5 Å². The summed E-state index contributed by atoms with van der Waals surface area (Å²) in [5.41, 5.74) is 1.35. The number of carbonyl (C=O) groups excluding carboxylic acids is 3. The minimum atomic E-state index is -2.06. The first-order valence-corrected chi connectivity index (χ1v) is 13.6. The van der Waals surface area contributed by atoms with E-state index < -0.39 is 29.7 Å². The molecule has 1 aromatic heterocycles. The number of nitrogens with zero attached hydrogens (tertiary/aromatic N) is 3. The Hall–Kier alpha value is -4.34. The number of urea groups is 1. The Morgan fingerprint density at radius 3 is 2.50 bits per heavy atom. The third-order valence-electron chi connectivity index (χ3n) is 8.12. The minimum absolute atomic E-state index is 0.00398. The number of carboxylic acid groups (broad SMARTS) is 1. The summed E-state index contributed by atoms with van der Waals surface area (Å²) in [4.78, 5) is 55.7. The van der Waals surface area contributed by atoms with Crippen LogP contribution in [0.15, 0.2) is 54.7 Å². The molecule has 3 amide bonds. The number of amides is 3. The van der Waals surface area contributed by atoms with Crippen LogP contribution in [0.5, 0.6) is 0 Å². The van der Waals surface area contributed by atoms with E-state index in [0.29, 0.717) is 38.0 Å². The van der Waals surface area contributed by atoms with Crippen LogP contribution in [0.4, 0.5) is 10.5 Å². The number of hydrogen-bond acceptors (Lipinski definition) is 5. The van der Waals surface area contributed by atoms with Crippen molar-refractivity contribution in [3.8, 4) is 0 Å². The van der Waals surface area contributed by atoms with E-state index >= 15 is 0 Å². The van der Waals surface area contributed by atoms with Crippen molar-refractivity contribution in [2.24, 2.45) is 12.5 Å². The molecule has 0 bridgehead atoms. The first-order valence-electron chi connectivity index (χ1n) is 13.6. The average Bonchev–Trinajstić information content (AvgIpc) is 3.27. The van der Waals surface area contributed by atoms with Crippen molar-refractivity contribution in [3.63, 3.8) is 0 Å². The molecule has 3 heterocycles. The lowest BCUT2D eigenvalue weighted by molar-refractivity contribution is -0.172. The largest absolute Gasteiger partial charge is 0.480 e. The second-order valence-electron chi connectivity index (χ2n) is 10.6. The highest BCUT2D eigenvalue weighted by molar-refractivity contribution is 6.04. The number of anilines is 1. The molecule has 2 N–H and O–H groups in total. The predicted octanol–water partition coefficient (Wildman–Crippen LogP) is 3.78. The summed E-state index contributed by atoms with van der Waals surface area (Å²) in [7, 11) is 1.86. The van der Waals surface area contributed by atoms with Gasteiger partial charge in [-0.3, -0.25) is 14.4 Å². The maximum Gasteiger partial charge on any atom is 0.324 e. The number of benzene rings is 2. The number of likely N-dealkylation sites (tertiary alicyclic amines) is 1. The van der Waals surface area contributed by atoms with Crippen LogP contribution in [0.3, 0.4) is 0 Å². The Bertz CT molecular complexity index is 1460. The molecule has 1 fully saturated rings. The number of hydrogen-bond donors (Lipinski definition) is 2. The second-order valence-corrected chi connectivity index (χ2v) is 10.6. The molecule has 40 heavy (non-hydrogen) atoms. The van der Waals surface area contributed by atoms with Crippen molar-refractivity contribution >= 4 is 40.5 Å². The third-order valence-corrected chi connectivity index (χ3v) is 8.12. The van der Waals surface area contributed by atoms with Crippen LogP contribution in [0, 0.1) is 5.41 Å². The van der Waals surface area contributed by atoms with Gasteiger partial charge in [-0.25, -0.2) is 4.79 Å². The van der Waals surface area contributed by atoms with Crippen LogP contribution in [0.1, 0.15) is 37.3 Å². The van der Waals surface area contributed by atoms with Gasteiger partial charge in [0, 0.05) is 61.9 Å². The van der Waals surface area contributed by atoms with Gasteiger partial charge in [-0.15, -0.1) is 0 Å². The topological polar surface area (TPSA) is 121 Å². The number of carboxylic acids is 1. The highest BCUT2D eigenvalue weighted by Gasteiger charge is 2.51. The number of aliphatic carboxylic acids is 1. The second kappa shape index (κ2) is 11.0. The lowest BCUT2D eigenvalue weighted by Crippen LogP contribution is -2.52. The number of rotatable bonds is 8. The van der Waals surface area contributed by atoms with Crippen molar-refractivity contribution in [3.05, 3.63) is 65.9 Å². The lowest BCUT2D eigenvalue weighted by Gasteiger charge is -2.41. The molecule has 0 saturated carbocycles. The molecule has 0 unspecified atom stereocenters. The maximum atomic E-state index is 13.6. The number of carbonyl (C=O) groups is 4. The zero-order valence-electron chi connectivity index (χ0n) is 22.8. The molecule has 2 aliphatic rings. The van der Waals surface area contributed by atoms with E-state index in [2.05, 4.69) is 5.32 Å². The van der Waals surface area contributed by atoms with Gasteiger partial charge in [-0.2, -0.15) is 0 Å². The molecule has 1 saturated heterocycles. The number of esters is 1. The van der Waals surface area contributed by atoms with Gasteiger partial charge in [-0.05, 0) is 43.0 Å². The normalized spacial score (nSPS) is 17.2. The summed E-state index contributed by atoms with van der Waals surface area (Å²) in [5, 5.41) is 14.2. The molecule has 0 aliphatic carbocycles. The predicted molar refractivity (Wildman–Crippen MR) is 149 cm³/mol. The summed E-state index contributed by atoms with van der Waals surface area (Å²) in [6, 6.07) is 15.0. The van der Waals surface area contributed by atoms with Crippen molar-refractivity contribution in [1.29, 1.82) is 0 Å². The fraction of sp³-hybridized carbons (Fsp3) is 0.400.